The van der Waals surface area contributed by atoms with Gasteiger partial charge in [0.15, 0.2) is 0 Å². The first-order chi connectivity index (χ1) is 27.5. The molecule has 0 aromatic heterocycles. The summed E-state index contributed by atoms with van der Waals surface area (Å²) >= 11 is 0. The van der Waals surface area contributed by atoms with E-state index in [-0.39, 0.29) is 103 Å². The van der Waals surface area contributed by atoms with Gasteiger partial charge in [0, 0.05) is 39.1 Å². The van der Waals surface area contributed by atoms with Crippen LogP contribution in [0.4, 0.5) is 4.79 Å². The van der Waals surface area contributed by atoms with Gasteiger partial charge in [-0.05, 0) is 37.5 Å². The average molecular weight is 789 g/mol. The number of nitrogens with one attached hydrogen (secondary N) is 3. The Kier molecular flexibility index (Phi) is 21.1. The number of nitrogens with zero attached hydrogens (tertiary/aromatic N) is 1. The molecule has 0 heterocycles. The standard InChI is InChI=1S/C44H60N4O9/c1-5-29-56-41(51)23-32-55-35-34-54-30-21-39(49)45-24-27-48(40(50)22-31-53-33-26-46-42(52)57-43(2,3)4)28-25-47-44(36-15-9-6-10-16-36,37-17-11-7-12-18-37)38-19-13-8-14-20-38/h5-20,47H,1,21-35H2,2-4H3,(H,45,49)(H,46,52). The quantitative estimate of drug-likeness (QED) is 0.0417. The van der Waals surface area contributed by atoms with E-state index in [9.17, 15) is 19.2 Å². The third-order valence-corrected chi connectivity index (χ3v) is 8.48. The first-order valence-corrected chi connectivity index (χ1v) is 19.5. The summed E-state index contributed by atoms with van der Waals surface area (Å²) in [5.74, 6) is -0.696. The fraction of sp³-hybridized carbons (Fsp3) is 0.455. The van der Waals surface area contributed by atoms with Crippen LogP contribution in [0.15, 0.2) is 104 Å². The molecule has 0 aliphatic carbocycles. The smallest absolute Gasteiger partial charge is 0.407 e. The van der Waals surface area contributed by atoms with E-state index in [1.807, 2.05) is 54.6 Å². The van der Waals surface area contributed by atoms with Gasteiger partial charge in [-0.2, -0.15) is 0 Å². The summed E-state index contributed by atoms with van der Waals surface area (Å²) in [5.41, 5.74) is 1.85. The zero-order valence-electron chi connectivity index (χ0n) is 33.7. The summed E-state index contributed by atoms with van der Waals surface area (Å²) in [6.07, 6.45) is 1.37. The highest BCUT2D eigenvalue weighted by Gasteiger charge is 2.35. The Morgan fingerprint density at radius 1 is 0.632 bits per heavy atom. The molecule has 0 saturated carbocycles. The Labute approximate surface area is 337 Å². The minimum atomic E-state index is -0.709. The van der Waals surface area contributed by atoms with E-state index >= 15 is 0 Å². The lowest BCUT2D eigenvalue weighted by Crippen LogP contribution is -2.49. The van der Waals surface area contributed by atoms with Crippen molar-refractivity contribution in [2.45, 2.75) is 51.2 Å². The topological polar surface area (TPSA) is 154 Å². The predicted octanol–water partition coefficient (Wildman–Crippen LogP) is 4.99. The number of hydrogen-bond donors (Lipinski definition) is 3. The number of carbonyl (C=O) groups excluding carboxylic acids is 4. The molecule has 3 amide bonds. The molecule has 3 rings (SSSR count). The lowest BCUT2D eigenvalue weighted by Gasteiger charge is -2.38. The van der Waals surface area contributed by atoms with Gasteiger partial charge in [0.25, 0.3) is 0 Å². The third-order valence-electron chi connectivity index (χ3n) is 8.48. The van der Waals surface area contributed by atoms with Crippen molar-refractivity contribution in [1.82, 2.24) is 20.9 Å². The molecule has 310 valence electrons. The highest BCUT2D eigenvalue weighted by atomic mass is 16.6. The number of hydrogen-bond acceptors (Lipinski definition) is 10. The summed E-state index contributed by atoms with van der Waals surface area (Å²) in [6.45, 7) is 12.0. The number of carbonyl (C=O) groups is 4. The van der Waals surface area contributed by atoms with Crippen LogP contribution in [0.1, 0.15) is 56.7 Å². The SMILES string of the molecule is C=CCOC(=O)CCOCCOCCC(=O)NCCN(CCNC(c1ccccc1)(c1ccccc1)c1ccccc1)C(=O)CCOCCNC(=O)OC(C)(C)C. The Bertz CT molecular complexity index is 1520. The molecule has 0 atom stereocenters. The molecule has 0 aliphatic heterocycles. The molecule has 0 spiro atoms. The lowest BCUT2D eigenvalue weighted by molar-refractivity contribution is -0.143. The molecule has 3 aromatic rings. The Balaban J connectivity index is 1.58. The van der Waals surface area contributed by atoms with Gasteiger partial charge in [0.2, 0.25) is 11.8 Å². The fourth-order valence-corrected chi connectivity index (χ4v) is 5.85. The zero-order chi connectivity index (χ0) is 41.2. The molecular weight excluding hydrogens is 729 g/mol. The molecular formula is C44H60N4O9. The summed E-state index contributed by atoms with van der Waals surface area (Å²) < 4.78 is 26.7. The zero-order valence-corrected chi connectivity index (χ0v) is 33.7. The summed E-state index contributed by atoms with van der Waals surface area (Å²) in [5, 5.41) is 9.37. The van der Waals surface area contributed by atoms with Crippen molar-refractivity contribution < 1.29 is 42.9 Å². The van der Waals surface area contributed by atoms with Crippen molar-refractivity contribution in [2.75, 3.05) is 79.0 Å². The van der Waals surface area contributed by atoms with Crippen LogP contribution in [0.3, 0.4) is 0 Å². The van der Waals surface area contributed by atoms with Crippen LogP contribution in [0.5, 0.6) is 0 Å². The van der Waals surface area contributed by atoms with Crippen molar-refractivity contribution in [3.8, 4) is 0 Å². The van der Waals surface area contributed by atoms with E-state index in [4.69, 9.17) is 23.7 Å². The van der Waals surface area contributed by atoms with Crippen LogP contribution in [0.2, 0.25) is 0 Å². The van der Waals surface area contributed by atoms with Gasteiger partial charge in [-0.15, -0.1) is 0 Å². The minimum Gasteiger partial charge on any atom is -0.461 e. The van der Waals surface area contributed by atoms with Gasteiger partial charge in [-0.25, -0.2) is 4.79 Å². The van der Waals surface area contributed by atoms with Crippen LogP contribution in [-0.2, 0) is 43.6 Å². The van der Waals surface area contributed by atoms with Crippen molar-refractivity contribution in [3.05, 3.63) is 120 Å². The van der Waals surface area contributed by atoms with Crippen molar-refractivity contribution in [2.24, 2.45) is 0 Å². The van der Waals surface area contributed by atoms with Crippen LogP contribution in [0.25, 0.3) is 0 Å². The second kappa shape index (κ2) is 26.0. The predicted molar refractivity (Wildman–Crippen MR) is 219 cm³/mol. The number of amides is 3. The second-order valence-corrected chi connectivity index (χ2v) is 14.0. The average Bonchev–Trinajstić information content (AvgIpc) is 3.20. The molecule has 0 unspecified atom stereocenters. The second-order valence-electron chi connectivity index (χ2n) is 14.0. The number of benzene rings is 3. The maximum atomic E-state index is 13.6. The number of ether oxygens (including phenoxy) is 5. The molecule has 0 radical (unpaired) electrons. The fourth-order valence-electron chi connectivity index (χ4n) is 5.85. The number of esters is 1. The molecule has 0 fully saturated rings. The van der Waals surface area contributed by atoms with Gasteiger partial charge in [0.05, 0.1) is 58.0 Å². The summed E-state index contributed by atoms with van der Waals surface area (Å²) in [7, 11) is 0. The highest BCUT2D eigenvalue weighted by molar-refractivity contribution is 5.77. The van der Waals surface area contributed by atoms with Crippen LogP contribution in [0, 0.1) is 0 Å². The number of rotatable bonds is 27. The normalized spacial score (nSPS) is 11.4. The van der Waals surface area contributed by atoms with E-state index in [0.29, 0.717) is 13.1 Å². The monoisotopic (exact) mass is 788 g/mol. The molecule has 13 heteroatoms. The lowest BCUT2D eigenvalue weighted by atomic mass is 9.77. The Morgan fingerprint density at radius 2 is 1.14 bits per heavy atom. The molecule has 13 nitrogen and oxygen atoms in total. The van der Waals surface area contributed by atoms with Crippen LogP contribution in [-0.4, -0.2) is 113 Å². The Morgan fingerprint density at radius 3 is 1.68 bits per heavy atom. The number of alkyl carbamates (subject to hydrolysis) is 1. The minimum absolute atomic E-state index is 0.119. The van der Waals surface area contributed by atoms with E-state index in [2.05, 4.69) is 58.9 Å². The van der Waals surface area contributed by atoms with Crippen molar-refractivity contribution >= 4 is 23.9 Å². The Hall–Kier alpha value is -5.08. The van der Waals surface area contributed by atoms with Gasteiger partial charge < -0.3 is 39.2 Å². The van der Waals surface area contributed by atoms with E-state index in [1.165, 1.54) is 6.08 Å². The molecule has 57 heavy (non-hydrogen) atoms. The van der Waals surface area contributed by atoms with Crippen LogP contribution < -0.4 is 16.0 Å². The molecule has 0 bridgehead atoms. The van der Waals surface area contributed by atoms with Crippen molar-refractivity contribution in [3.63, 3.8) is 0 Å². The van der Waals surface area contributed by atoms with E-state index in [0.717, 1.165) is 16.7 Å². The summed E-state index contributed by atoms with van der Waals surface area (Å²) in [6, 6.07) is 30.7. The van der Waals surface area contributed by atoms with Gasteiger partial charge in [0.1, 0.15) is 12.2 Å². The van der Waals surface area contributed by atoms with Gasteiger partial charge in [-0.1, -0.05) is 104 Å². The molecule has 0 aliphatic rings. The maximum Gasteiger partial charge on any atom is 0.407 e. The summed E-state index contributed by atoms with van der Waals surface area (Å²) in [4.78, 5) is 51.4. The van der Waals surface area contributed by atoms with Crippen molar-refractivity contribution in [1.29, 1.82) is 0 Å². The van der Waals surface area contributed by atoms with E-state index < -0.39 is 17.2 Å². The van der Waals surface area contributed by atoms with Crippen LogP contribution >= 0.6 is 0 Å². The molecule has 0 saturated heterocycles. The first-order valence-electron chi connectivity index (χ1n) is 19.5. The highest BCUT2D eigenvalue weighted by Crippen LogP contribution is 2.36. The third kappa shape index (κ3) is 17.7. The molecule has 3 aromatic carbocycles. The first kappa shape index (κ1) is 46.3. The maximum absolute atomic E-state index is 13.6. The van der Waals surface area contributed by atoms with Gasteiger partial charge >= 0.3 is 12.1 Å². The van der Waals surface area contributed by atoms with Gasteiger partial charge in [-0.3, -0.25) is 19.7 Å². The van der Waals surface area contributed by atoms with E-state index in [1.54, 1.807) is 25.7 Å². The largest absolute Gasteiger partial charge is 0.461 e. The molecule has 3 N–H and O–H groups in total.